The van der Waals surface area contributed by atoms with Crippen molar-refractivity contribution in [1.29, 1.82) is 0 Å². The minimum Gasteiger partial charge on any atom is -0.491 e. The molecule has 1 N–H and O–H groups in total. The van der Waals surface area contributed by atoms with E-state index in [2.05, 4.69) is 6.92 Å². The Morgan fingerprint density at radius 3 is 2.48 bits per heavy atom. The van der Waals surface area contributed by atoms with E-state index < -0.39 is 12.1 Å². The van der Waals surface area contributed by atoms with Gasteiger partial charge >= 0.3 is 5.97 Å². The summed E-state index contributed by atoms with van der Waals surface area (Å²) in [5.41, 5.74) is 0.865. The van der Waals surface area contributed by atoms with Gasteiger partial charge in [-0.1, -0.05) is 50.1 Å². The van der Waals surface area contributed by atoms with Crippen molar-refractivity contribution in [3.8, 4) is 11.5 Å². The molecule has 1 atom stereocenters. The Labute approximate surface area is 148 Å². The minimum atomic E-state index is -0.438. The fourth-order valence-corrected chi connectivity index (χ4v) is 2.19. The van der Waals surface area contributed by atoms with E-state index >= 15 is 0 Å². The Bertz CT molecular complexity index is 662. The van der Waals surface area contributed by atoms with Crippen LogP contribution in [-0.4, -0.2) is 23.8 Å². The number of para-hydroxylation sites is 1. The van der Waals surface area contributed by atoms with Crippen LogP contribution >= 0.6 is 0 Å². The van der Waals surface area contributed by atoms with E-state index in [1.54, 1.807) is 18.2 Å². The van der Waals surface area contributed by atoms with Gasteiger partial charge in [-0.05, 0) is 42.3 Å². The number of esters is 1. The maximum absolute atomic E-state index is 11.8. The van der Waals surface area contributed by atoms with Gasteiger partial charge in [0.1, 0.15) is 18.1 Å². The molecule has 132 valence electrons. The van der Waals surface area contributed by atoms with Crippen LogP contribution in [0.5, 0.6) is 11.5 Å². The summed E-state index contributed by atoms with van der Waals surface area (Å²) in [5, 5.41) is 9.78. The van der Waals surface area contributed by atoms with Crippen LogP contribution in [0.25, 0.3) is 6.08 Å². The second-order valence-corrected chi connectivity index (χ2v) is 5.74. The third-order valence-corrected chi connectivity index (χ3v) is 3.59. The summed E-state index contributed by atoms with van der Waals surface area (Å²) >= 11 is 0. The lowest BCUT2D eigenvalue weighted by Gasteiger charge is -2.11. The molecule has 0 saturated heterocycles. The second kappa shape index (κ2) is 10.3. The molecule has 0 heterocycles. The van der Waals surface area contributed by atoms with Crippen molar-refractivity contribution in [1.82, 2.24) is 0 Å². The standard InChI is InChI=1S/C21H24O4/c1-2-3-7-18(22)16-24-19-13-10-17(11-14-19)12-15-21(23)25-20-8-5-4-6-9-20/h4-6,8-15,18,22H,2-3,7,16H2,1H3. The molecule has 4 nitrogen and oxygen atoms in total. The Balaban J connectivity index is 1.80. The average molecular weight is 340 g/mol. The fourth-order valence-electron chi connectivity index (χ4n) is 2.19. The first-order valence-electron chi connectivity index (χ1n) is 8.53. The van der Waals surface area contributed by atoms with Crippen LogP contribution in [0.3, 0.4) is 0 Å². The largest absolute Gasteiger partial charge is 0.491 e. The predicted molar refractivity (Wildman–Crippen MR) is 98.6 cm³/mol. The zero-order chi connectivity index (χ0) is 17.9. The number of aliphatic hydroxyl groups is 1. The van der Waals surface area contributed by atoms with E-state index in [0.29, 0.717) is 18.1 Å². The number of aliphatic hydroxyl groups excluding tert-OH is 1. The maximum atomic E-state index is 11.8. The highest BCUT2D eigenvalue weighted by Crippen LogP contribution is 2.15. The Kier molecular flexibility index (Phi) is 7.73. The summed E-state index contributed by atoms with van der Waals surface area (Å²) in [5.74, 6) is 0.785. The van der Waals surface area contributed by atoms with Gasteiger partial charge in [-0.25, -0.2) is 4.79 Å². The van der Waals surface area contributed by atoms with Gasteiger partial charge in [0, 0.05) is 6.08 Å². The van der Waals surface area contributed by atoms with Gasteiger partial charge in [0.05, 0.1) is 6.10 Å². The average Bonchev–Trinajstić information content (AvgIpc) is 2.64. The predicted octanol–water partition coefficient (Wildman–Crippen LogP) is 4.24. The zero-order valence-electron chi connectivity index (χ0n) is 14.4. The third-order valence-electron chi connectivity index (χ3n) is 3.59. The van der Waals surface area contributed by atoms with Gasteiger partial charge in [0.25, 0.3) is 0 Å². The molecule has 2 rings (SSSR count). The Morgan fingerprint density at radius 1 is 1.08 bits per heavy atom. The van der Waals surface area contributed by atoms with Gasteiger partial charge in [0.2, 0.25) is 0 Å². The summed E-state index contributed by atoms with van der Waals surface area (Å²) in [6.07, 6.45) is 5.44. The van der Waals surface area contributed by atoms with Crippen LogP contribution in [0.15, 0.2) is 60.7 Å². The van der Waals surface area contributed by atoms with Crippen molar-refractivity contribution in [3.63, 3.8) is 0 Å². The minimum absolute atomic E-state index is 0.290. The van der Waals surface area contributed by atoms with Crippen molar-refractivity contribution in [2.45, 2.75) is 32.3 Å². The SMILES string of the molecule is CCCCC(O)COc1ccc(C=CC(=O)Oc2ccccc2)cc1. The lowest BCUT2D eigenvalue weighted by atomic mass is 10.2. The highest BCUT2D eigenvalue weighted by molar-refractivity contribution is 5.88. The summed E-state index contributed by atoms with van der Waals surface area (Å²) in [7, 11) is 0. The van der Waals surface area contributed by atoms with Crippen LogP contribution in [0.4, 0.5) is 0 Å². The molecular weight excluding hydrogens is 316 g/mol. The molecule has 0 amide bonds. The summed E-state index contributed by atoms with van der Waals surface area (Å²) in [4.78, 5) is 11.8. The molecule has 4 heteroatoms. The molecule has 25 heavy (non-hydrogen) atoms. The monoisotopic (exact) mass is 340 g/mol. The summed E-state index contributed by atoms with van der Waals surface area (Å²) < 4.78 is 10.7. The first-order chi connectivity index (χ1) is 12.2. The number of hydrogen-bond donors (Lipinski definition) is 1. The van der Waals surface area contributed by atoms with Gasteiger partial charge in [-0.15, -0.1) is 0 Å². The Morgan fingerprint density at radius 2 is 1.80 bits per heavy atom. The van der Waals surface area contributed by atoms with E-state index in [-0.39, 0.29) is 0 Å². The second-order valence-electron chi connectivity index (χ2n) is 5.74. The van der Waals surface area contributed by atoms with Crippen LogP contribution in [0, 0.1) is 0 Å². The van der Waals surface area contributed by atoms with Crippen LogP contribution in [0.2, 0.25) is 0 Å². The van der Waals surface area contributed by atoms with E-state index in [9.17, 15) is 9.90 Å². The van der Waals surface area contributed by atoms with Crippen molar-refractivity contribution in [2.75, 3.05) is 6.61 Å². The fraction of sp³-hybridized carbons (Fsp3) is 0.286. The first-order valence-corrected chi connectivity index (χ1v) is 8.53. The van der Waals surface area contributed by atoms with Crippen LogP contribution in [0.1, 0.15) is 31.7 Å². The molecule has 2 aromatic rings. The zero-order valence-corrected chi connectivity index (χ0v) is 14.4. The molecule has 1 unspecified atom stereocenters. The van der Waals surface area contributed by atoms with Crippen molar-refractivity contribution >= 4 is 12.0 Å². The van der Waals surface area contributed by atoms with Crippen LogP contribution < -0.4 is 9.47 Å². The molecule has 0 aliphatic heterocycles. The van der Waals surface area contributed by atoms with Crippen molar-refractivity contribution in [3.05, 3.63) is 66.2 Å². The summed E-state index contributed by atoms with van der Waals surface area (Å²) in [6, 6.07) is 16.3. The smallest absolute Gasteiger partial charge is 0.336 e. The molecule has 0 saturated carbocycles. The molecule has 2 aromatic carbocycles. The lowest BCUT2D eigenvalue weighted by Crippen LogP contribution is -2.17. The molecule has 0 aromatic heterocycles. The number of carbonyl (C=O) groups is 1. The molecule has 0 spiro atoms. The van der Waals surface area contributed by atoms with Gasteiger partial charge in [-0.2, -0.15) is 0 Å². The van der Waals surface area contributed by atoms with E-state index in [4.69, 9.17) is 9.47 Å². The van der Waals surface area contributed by atoms with Gasteiger partial charge in [-0.3, -0.25) is 0 Å². The number of hydrogen-bond acceptors (Lipinski definition) is 4. The van der Waals surface area contributed by atoms with Crippen LogP contribution in [-0.2, 0) is 4.79 Å². The molecule has 0 fully saturated rings. The number of benzene rings is 2. The molecule has 0 aliphatic rings. The number of unbranched alkanes of at least 4 members (excludes halogenated alkanes) is 1. The number of carbonyl (C=O) groups excluding carboxylic acids is 1. The van der Waals surface area contributed by atoms with Crippen molar-refractivity contribution in [2.24, 2.45) is 0 Å². The van der Waals surface area contributed by atoms with Gasteiger partial charge in [0.15, 0.2) is 0 Å². The molecule has 0 bridgehead atoms. The van der Waals surface area contributed by atoms with E-state index in [0.717, 1.165) is 24.8 Å². The molecule has 0 aliphatic carbocycles. The quantitative estimate of drug-likeness (QED) is 0.421. The third kappa shape index (κ3) is 7.23. The van der Waals surface area contributed by atoms with E-state index in [1.165, 1.54) is 6.08 Å². The van der Waals surface area contributed by atoms with E-state index in [1.807, 2.05) is 42.5 Å². The highest BCUT2D eigenvalue weighted by atomic mass is 16.5. The topological polar surface area (TPSA) is 55.8 Å². The molecule has 0 radical (unpaired) electrons. The molecular formula is C21H24O4. The van der Waals surface area contributed by atoms with Gasteiger partial charge < -0.3 is 14.6 Å². The number of ether oxygens (including phenoxy) is 2. The van der Waals surface area contributed by atoms with Crippen molar-refractivity contribution < 1.29 is 19.4 Å². The Hall–Kier alpha value is -2.59. The number of rotatable bonds is 9. The normalized spacial score (nSPS) is 12.1. The highest BCUT2D eigenvalue weighted by Gasteiger charge is 2.04. The first kappa shape index (κ1) is 18.7. The lowest BCUT2D eigenvalue weighted by molar-refractivity contribution is -0.128. The summed E-state index contributed by atoms with van der Waals surface area (Å²) in [6.45, 7) is 2.38. The maximum Gasteiger partial charge on any atom is 0.336 e.